The molecule has 6 nitrogen and oxygen atoms in total. The number of likely N-dealkylation sites (tertiary alicyclic amines) is 1. The highest BCUT2D eigenvalue weighted by Crippen LogP contribution is 2.26. The number of aryl methyl sites for hydroxylation is 3. The zero-order chi connectivity index (χ0) is 22.0. The van der Waals surface area contributed by atoms with Gasteiger partial charge in [0, 0.05) is 37.1 Å². The molecule has 31 heavy (non-hydrogen) atoms. The summed E-state index contributed by atoms with van der Waals surface area (Å²) in [6, 6.07) is 11.6. The van der Waals surface area contributed by atoms with Crippen LogP contribution in [0.2, 0.25) is 0 Å². The Hall–Kier alpha value is -3.41. The number of pyridine rings is 1. The van der Waals surface area contributed by atoms with Crippen LogP contribution in [0.1, 0.15) is 40.0 Å². The molecule has 1 saturated heterocycles. The van der Waals surface area contributed by atoms with E-state index in [9.17, 15) is 9.59 Å². The second kappa shape index (κ2) is 8.76. The van der Waals surface area contributed by atoms with Gasteiger partial charge < -0.3 is 14.8 Å². The molecule has 0 spiro atoms. The van der Waals surface area contributed by atoms with Gasteiger partial charge in [-0.25, -0.2) is 0 Å². The Kier molecular flexibility index (Phi) is 5.89. The van der Waals surface area contributed by atoms with Gasteiger partial charge in [0.1, 0.15) is 5.69 Å². The molecule has 3 aromatic rings. The van der Waals surface area contributed by atoms with Crippen LogP contribution in [0.15, 0.2) is 55.0 Å². The van der Waals surface area contributed by atoms with Crippen molar-refractivity contribution >= 4 is 17.5 Å². The fourth-order valence-corrected chi connectivity index (χ4v) is 4.39. The van der Waals surface area contributed by atoms with Crippen LogP contribution in [0, 0.1) is 26.7 Å². The van der Waals surface area contributed by atoms with E-state index < -0.39 is 0 Å². The Morgan fingerprint density at radius 3 is 2.39 bits per heavy atom. The van der Waals surface area contributed by atoms with Gasteiger partial charge in [0.25, 0.3) is 5.91 Å². The smallest absolute Gasteiger partial charge is 0.270 e. The first-order valence-corrected chi connectivity index (χ1v) is 10.7. The number of nitrogens with zero attached hydrogens (tertiary/aromatic N) is 3. The molecular formula is C25H28N4O2. The van der Waals surface area contributed by atoms with Crippen LogP contribution in [-0.4, -0.2) is 39.4 Å². The van der Waals surface area contributed by atoms with Gasteiger partial charge in [0.15, 0.2) is 0 Å². The first-order chi connectivity index (χ1) is 14.9. The summed E-state index contributed by atoms with van der Waals surface area (Å²) >= 11 is 0. The van der Waals surface area contributed by atoms with Crippen LogP contribution < -0.4 is 5.32 Å². The van der Waals surface area contributed by atoms with Gasteiger partial charge in [-0.15, -0.1) is 0 Å². The minimum atomic E-state index is -0.0886. The van der Waals surface area contributed by atoms with Gasteiger partial charge in [-0.05, 0) is 69.0 Å². The van der Waals surface area contributed by atoms with Crippen molar-refractivity contribution in [2.24, 2.45) is 5.92 Å². The van der Waals surface area contributed by atoms with Crippen molar-refractivity contribution < 1.29 is 9.59 Å². The van der Waals surface area contributed by atoms with Crippen molar-refractivity contribution in [1.29, 1.82) is 0 Å². The van der Waals surface area contributed by atoms with E-state index in [1.54, 1.807) is 12.4 Å². The molecule has 1 fully saturated rings. The Labute approximate surface area is 182 Å². The third-order valence-corrected chi connectivity index (χ3v) is 5.97. The van der Waals surface area contributed by atoms with E-state index in [1.165, 1.54) is 5.56 Å². The quantitative estimate of drug-likeness (QED) is 0.690. The first-order valence-electron chi connectivity index (χ1n) is 10.7. The maximum absolute atomic E-state index is 13.1. The zero-order valence-corrected chi connectivity index (χ0v) is 18.3. The molecule has 1 aromatic carbocycles. The van der Waals surface area contributed by atoms with E-state index in [2.05, 4.69) is 29.4 Å². The summed E-state index contributed by atoms with van der Waals surface area (Å²) in [5.41, 5.74) is 5.72. The van der Waals surface area contributed by atoms with E-state index in [0.29, 0.717) is 31.6 Å². The van der Waals surface area contributed by atoms with Crippen LogP contribution in [0.4, 0.5) is 5.69 Å². The van der Waals surface area contributed by atoms with Gasteiger partial charge in [-0.1, -0.05) is 17.7 Å². The van der Waals surface area contributed by atoms with Gasteiger partial charge in [0.05, 0.1) is 11.9 Å². The summed E-state index contributed by atoms with van der Waals surface area (Å²) in [7, 11) is 0. The molecule has 4 rings (SSSR count). The number of piperidine rings is 1. The van der Waals surface area contributed by atoms with E-state index in [4.69, 9.17) is 0 Å². The summed E-state index contributed by atoms with van der Waals surface area (Å²) in [5, 5.41) is 3.12. The van der Waals surface area contributed by atoms with Gasteiger partial charge in [-0.3, -0.25) is 14.6 Å². The molecule has 1 aliphatic heterocycles. The SMILES string of the molecule is Cc1cc(C)c(NC(=O)C2CCN(C(=O)c3cccn3-c3cccnc3)CC2)c(C)c1. The maximum Gasteiger partial charge on any atom is 0.270 e. The molecule has 0 unspecified atom stereocenters. The lowest BCUT2D eigenvalue weighted by Crippen LogP contribution is -2.42. The number of hydrogen-bond donors (Lipinski definition) is 1. The number of aromatic nitrogens is 2. The Balaban J connectivity index is 1.40. The Morgan fingerprint density at radius 1 is 1.03 bits per heavy atom. The van der Waals surface area contributed by atoms with Crippen LogP contribution in [-0.2, 0) is 4.79 Å². The van der Waals surface area contributed by atoms with Crippen molar-refractivity contribution in [2.45, 2.75) is 33.6 Å². The standard InChI is InChI=1S/C25H28N4O2/c1-17-14-18(2)23(19(3)15-17)27-24(30)20-8-12-28(13-9-20)25(31)22-7-5-11-29(22)21-6-4-10-26-16-21/h4-7,10-11,14-16,20H,8-9,12-13H2,1-3H3,(H,27,30). The number of hydrogen-bond acceptors (Lipinski definition) is 3. The minimum absolute atomic E-state index is 0.0158. The Morgan fingerprint density at radius 2 is 1.74 bits per heavy atom. The molecule has 160 valence electrons. The predicted octanol–water partition coefficient (Wildman–Crippen LogP) is 4.29. The summed E-state index contributed by atoms with van der Waals surface area (Å²) in [6.45, 7) is 7.24. The van der Waals surface area contributed by atoms with Gasteiger partial charge in [-0.2, -0.15) is 0 Å². The number of carbonyl (C=O) groups excluding carboxylic acids is 2. The van der Waals surface area contributed by atoms with E-state index in [1.807, 2.05) is 53.8 Å². The van der Waals surface area contributed by atoms with Crippen molar-refractivity contribution in [1.82, 2.24) is 14.5 Å². The van der Waals surface area contributed by atoms with Crippen molar-refractivity contribution in [2.75, 3.05) is 18.4 Å². The molecule has 0 radical (unpaired) electrons. The minimum Gasteiger partial charge on any atom is -0.337 e. The van der Waals surface area contributed by atoms with Crippen molar-refractivity contribution in [3.05, 3.63) is 77.4 Å². The molecule has 0 atom stereocenters. The number of carbonyl (C=O) groups is 2. The van der Waals surface area contributed by atoms with Crippen molar-refractivity contribution in [3.63, 3.8) is 0 Å². The topological polar surface area (TPSA) is 67.2 Å². The highest BCUT2D eigenvalue weighted by molar-refractivity contribution is 5.95. The van der Waals surface area contributed by atoms with Crippen LogP contribution in [0.3, 0.4) is 0 Å². The lowest BCUT2D eigenvalue weighted by Gasteiger charge is -2.31. The monoisotopic (exact) mass is 416 g/mol. The molecule has 0 saturated carbocycles. The van der Waals surface area contributed by atoms with E-state index in [-0.39, 0.29) is 17.7 Å². The summed E-state index contributed by atoms with van der Waals surface area (Å²) in [5.74, 6) is -0.0620. The summed E-state index contributed by atoms with van der Waals surface area (Å²) in [4.78, 5) is 32.0. The highest BCUT2D eigenvalue weighted by Gasteiger charge is 2.29. The molecule has 0 bridgehead atoms. The second-order valence-corrected chi connectivity index (χ2v) is 8.30. The fraction of sp³-hybridized carbons (Fsp3) is 0.320. The normalized spacial score (nSPS) is 14.5. The molecule has 1 N–H and O–H groups in total. The average molecular weight is 417 g/mol. The average Bonchev–Trinajstić information content (AvgIpc) is 3.26. The fourth-order valence-electron chi connectivity index (χ4n) is 4.39. The Bertz CT molecular complexity index is 1070. The number of nitrogens with one attached hydrogen (secondary N) is 1. The lowest BCUT2D eigenvalue weighted by molar-refractivity contribution is -0.121. The molecule has 2 amide bonds. The predicted molar refractivity (Wildman–Crippen MR) is 121 cm³/mol. The lowest BCUT2D eigenvalue weighted by atomic mass is 9.95. The largest absolute Gasteiger partial charge is 0.337 e. The highest BCUT2D eigenvalue weighted by atomic mass is 16.2. The summed E-state index contributed by atoms with van der Waals surface area (Å²) in [6.07, 6.45) is 6.65. The molecule has 0 aliphatic carbocycles. The maximum atomic E-state index is 13.1. The molecular weight excluding hydrogens is 388 g/mol. The third-order valence-electron chi connectivity index (χ3n) is 5.97. The molecule has 3 heterocycles. The van der Waals surface area contributed by atoms with Crippen LogP contribution in [0.5, 0.6) is 0 Å². The molecule has 6 heteroatoms. The van der Waals surface area contributed by atoms with E-state index in [0.717, 1.165) is 22.5 Å². The van der Waals surface area contributed by atoms with Crippen molar-refractivity contribution in [3.8, 4) is 5.69 Å². The number of amides is 2. The molecule has 2 aromatic heterocycles. The summed E-state index contributed by atoms with van der Waals surface area (Å²) < 4.78 is 1.86. The van der Waals surface area contributed by atoms with Gasteiger partial charge in [0.2, 0.25) is 5.91 Å². The zero-order valence-electron chi connectivity index (χ0n) is 18.3. The molecule has 1 aliphatic rings. The number of benzene rings is 1. The van der Waals surface area contributed by atoms with Gasteiger partial charge >= 0.3 is 0 Å². The number of rotatable bonds is 4. The number of anilines is 1. The van der Waals surface area contributed by atoms with Crippen LogP contribution in [0.25, 0.3) is 5.69 Å². The van der Waals surface area contributed by atoms with E-state index >= 15 is 0 Å². The first kappa shape index (κ1) is 20.8. The van der Waals surface area contributed by atoms with Crippen LogP contribution >= 0.6 is 0 Å². The second-order valence-electron chi connectivity index (χ2n) is 8.30. The third kappa shape index (κ3) is 4.38.